The number of carboxylic acids is 1. The number of rotatable bonds is 5. The average molecular weight is 324 g/mol. The molecule has 0 amide bonds. The molecule has 4 nitrogen and oxygen atoms in total. The number of benzene rings is 2. The first-order chi connectivity index (χ1) is 10.1. The molecule has 0 aromatic heterocycles. The lowest BCUT2D eigenvalue weighted by atomic mass is 10.2. The van der Waals surface area contributed by atoms with Gasteiger partial charge in [0.2, 0.25) is 0 Å². The highest BCUT2D eigenvalue weighted by molar-refractivity contribution is 6.37. The van der Waals surface area contributed by atoms with Gasteiger partial charge in [0.25, 0.3) is 0 Å². The topological polar surface area (TPSA) is 58.9 Å². The number of hydrogen-bond donors (Lipinski definition) is 1. The molecular formula is C15H11Cl2NO3. The first kappa shape index (κ1) is 15.4. The first-order valence-electron chi connectivity index (χ1n) is 5.99. The van der Waals surface area contributed by atoms with E-state index in [1.807, 2.05) is 30.3 Å². The Morgan fingerprint density at radius 3 is 2.38 bits per heavy atom. The van der Waals surface area contributed by atoms with Crippen molar-refractivity contribution < 1.29 is 14.6 Å². The number of carboxylic acid groups (broad SMARTS) is 1. The molecular weight excluding hydrogens is 313 g/mol. The van der Waals surface area contributed by atoms with Crippen molar-refractivity contribution in [3.63, 3.8) is 0 Å². The van der Waals surface area contributed by atoms with E-state index in [4.69, 9.17) is 33.0 Å². The van der Waals surface area contributed by atoms with Crippen LogP contribution >= 0.6 is 23.2 Å². The Bertz CT molecular complexity index is 649. The van der Waals surface area contributed by atoms with Gasteiger partial charge in [-0.3, -0.25) is 4.99 Å². The molecule has 0 aliphatic rings. The molecule has 0 heterocycles. The van der Waals surface area contributed by atoms with Gasteiger partial charge in [0.05, 0.1) is 15.7 Å². The van der Waals surface area contributed by atoms with Crippen molar-refractivity contribution in [2.24, 2.45) is 4.99 Å². The highest BCUT2D eigenvalue weighted by Crippen LogP contribution is 2.33. The Balaban J connectivity index is 2.19. The van der Waals surface area contributed by atoms with Gasteiger partial charge >= 0.3 is 5.97 Å². The zero-order valence-electron chi connectivity index (χ0n) is 10.8. The highest BCUT2D eigenvalue weighted by atomic mass is 35.5. The predicted octanol–water partition coefficient (Wildman–Crippen LogP) is 4.21. The SMILES string of the molecule is O=C(O)COc1c(Cl)cc(C=Nc2ccccc2)cc1Cl. The molecule has 0 unspecified atom stereocenters. The van der Waals surface area contributed by atoms with Crippen LogP contribution in [0.5, 0.6) is 5.75 Å². The van der Waals surface area contributed by atoms with Crippen LogP contribution in [0.1, 0.15) is 5.56 Å². The molecule has 2 aromatic carbocycles. The fourth-order valence-electron chi connectivity index (χ4n) is 1.59. The van der Waals surface area contributed by atoms with Crippen molar-refractivity contribution in [1.82, 2.24) is 0 Å². The number of nitrogens with zero attached hydrogens (tertiary/aromatic N) is 1. The lowest BCUT2D eigenvalue weighted by Gasteiger charge is -2.08. The summed E-state index contributed by atoms with van der Waals surface area (Å²) in [6, 6.07) is 12.6. The summed E-state index contributed by atoms with van der Waals surface area (Å²) >= 11 is 12.1. The molecule has 0 spiro atoms. The minimum Gasteiger partial charge on any atom is -0.479 e. The van der Waals surface area contributed by atoms with Crippen LogP contribution in [0, 0.1) is 0 Å². The number of aliphatic imine (C=N–C) groups is 1. The number of ether oxygens (including phenoxy) is 1. The predicted molar refractivity (Wildman–Crippen MR) is 83.3 cm³/mol. The van der Waals surface area contributed by atoms with Crippen molar-refractivity contribution in [1.29, 1.82) is 0 Å². The molecule has 108 valence electrons. The van der Waals surface area contributed by atoms with Crippen molar-refractivity contribution in [2.75, 3.05) is 6.61 Å². The maximum absolute atomic E-state index is 10.5. The Labute approximate surface area is 131 Å². The van der Waals surface area contributed by atoms with E-state index in [0.29, 0.717) is 5.56 Å². The van der Waals surface area contributed by atoms with Crippen LogP contribution in [0.4, 0.5) is 5.69 Å². The quantitative estimate of drug-likeness (QED) is 0.838. The molecule has 0 aliphatic carbocycles. The summed E-state index contributed by atoms with van der Waals surface area (Å²) in [6.07, 6.45) is 1.62. The largest absolute Gasteiger partial charge is 0.479 e. The van der Waals surface area contributed by atoms with Gasteiger partial charge in [-0.05, 0) is 29.8 Å². The summed E-state index contributed by atoms with van der Waals surface area (Å²) in [6.45, 7) is -0.503. The van der Waals surface area contributed by atoms with Gasteiger partial charge in [-0.25, -0.2) is 4.79 Å². The number of halogens is 2. The molecule has 0 aliphatic heterocycles. The van der Waals surface area contributed by atoms with Crippen LogP contribution in [-0.2, 0) is 4.79 Å². The van der Waals surface area contributed by atoms with Crippen molar-refractivity contribution in [3.8, 4) is 5.75 Å². The van der Waals surface area contributed by atoms with Crippen LogP contribution in [0.15, 0.2) is 47.5 Å². The maximum atomic E-state index is 10.5. The average Bonchev–Trinajstić information content (AvgIpc) is 2.45. The molecule has 6 heteroatoms. The highest BCUT2D eigenvalue weighted by Gasteiger charge is 2.10. The number of aliphatic carboxylic acids is 1. The van der Waals surface area contributed by atoms with Crippen LogP contribution in [0.25, 0.3) is 0 Å². The Morgan fingerprint density at radius 1 is 1.19 bits per heavy atom. The smallest absolute Gasteiger partial charge is 0.341 e. The molecule has 0 fully saturated rings. The Hall–Kier alpha value is -2.04. The van der Waals surface area contributed by atoms with Crippen LogP contribution in [-0.4, -0.2) is 23.9 Å². The lowest BCUT2D eigenvalue weighted by molar-refractivity contribution is -0.139. The second-order valence-corrected chi connectivity index (χ2v) is 4.90. The molecule has 0 atom stereocenters. The van der Waals surface area contributed by atoms with E-state index in [9.17, 15) is 4.79 Å². The second-order valence-electron chi connectivity index (χ2n) is 4.09. The van der Waals surface area contributed by atoms with Gasteiger partial charge in [-0.15, -0.1) is 0 Å². The number of hydrogen-bond acceptors (Lipinski definition) is 3. The minimum absolute atomic E-state index is 0.151. The molecule has 2 aromatic rings. The van der Waals surface area contributed by atoms with E-state index in [-0.39, 0.29) is 15.8 Å². The maximum Gasteiger partial charge on any atom is 0.341 e. The van der Waals surface area contributed by atoms with Crippen LogP contribution in [0.2, 0.25) is 10.0 Å². The van der Waals surface area contributed by atoms with Gasteiger partial charge in [0.15, 0.2) is 12.4 Å². The van der Waals surface area contributed by atoms with Gasteiger partial charge in [0.1, 0.15) is 0 Å². The van der Waals surface area contributed by atoms with Gasteiger partial charge in [0, 0.05) is 6.21 Å². The molecule has 0 radical (unpaired) electrons. The van der Waals surface area contributed by atoms with E-state index in [1.54, 1.807) is 18.3 Å². The third-order valence-corrected chi connectivity index (χ3v) is 3.04. The summed E-state index contributed by atoms with van der Waals surface area (Å²) in [7, 11) is 0. The normalized spacial score (nSPS) is 10.8. The van der Waals surface area contributed by atoms with Crippen molar-refractivity contribution in [2.45, 2.75) is 0 Å². The third-order valence-electron chi connectivity index (χ3n) is 2.48. The van der Waals surface area contributed by atoms with E-state index >= 15 is 0 Å². The summed E-state index contributed by atoms with van der Waals surface area (Å²) in [5, 5.41) is 9.06. The molecule has 1 N–H and O–H groups in total. The molecule has 0 saturated carbocycles. The molecule has 0 bridgehead atoms. The number of carbonyl (C=O) groups is 1. The van der Waals surface area contributed by atoms with Gasteiger partial charge < -0.3 is 9.84 Å². The molecule has 0 saturated heterocycles. The van der Waals surface area contributed by atoms with Gasteiger partial charge in [-0.2, -0.15) is 0 Å². The lowest BCUT2D eigenvalue weighted by Crippen LogP contribution is -2.10. The monoisotopic (exact) mass is 323 g/mol. The van der Waals surface area contributed by atoms with E-state index in [1.165, 1.54) is 0 Å². The van der Waals surface area contributed by atoms with Gasteiger partial charge in [-0.1, -0.05) is 41.4 Å². The summed E-state index contributed by atoms with van der Waals surface area (Å²) in [5.41, 5.74) is 1.49. The Morgan fingerprint density at radius 2 is 1.81 bits per heavy atom. The minimum atomic E-state index is -1.10. The molecule has 2 rings (SSSR count). The zero-order chi connectivity index (χ0) is 15.2. The van der Waals surface area contributed by atoms with E-state index in [2.05, 4.69) is 4.99 Å². The van der Waals surface area contributed by atoms with Crippen LogP contribution in [0.3, 0.4) is 0 Å². The fourth-order valence-corrected chi connectivity index (χ4v) is 2.20. The first-order valence-corrected chi connectivity index (χ1v) is 6.74. The summed E-state index contributed by atoms with van der Waals surface area (Å²) in [4.78, 5) is 14.8. The van der Waals surface area contributed by atoms with Crippen molar-refractivity contribution in [3.05, 3.63) is 58.1 Å². The van der Waals surface area contributed by atoms with E-state index < -0.39 is 12.6 Å². The van der Waals surface area contributed by atoms with Crippen LogP contribution < -0.4 is 4.74 Å². The number of para-hydroxylation sites is 1. The van der Waals surface area contributed by atoms with E-state index in [0.717, 1.165) is 5.69 Å². The summed E-state index contributed by atoms with van der Waals surface area (Å²) < 4.78 is 5.04. The third kappa shape index (κ3) is 4.48. The molecule has 21 heavy (non-hydrogen) atoms. The second kappa shape index (κ2) is 7.11. The standard InChI is InChI=1S/C15H11Cl2NO3/c16-12-6-10(8-18-11-4-2-1-3-5-11)7-13(17)15(12)21-9-14(19)20/h1-8H,9H2,(H,19,20). The van der Waals surface area contributed by atoms with Crippen molar-refractivity contribution >= 4 is 41.1 Å². The zero-order valence-corrected chi connectivity index (χ0v) is 12.3. The summed E-state index contributed by atoms with van der Waals surface area (Å²) in [5.74, 6) is -0.950. The Kier molecular flexibility index (Phi) is 5.20. The fraction of sp³-hybridized carbons (Fsp3) is 0.0667.